The first-order valence-electron chi connectivity index (χ1n) is 6.94. The van der Waals surface area contributed by atoms with Gasteiger partial charge in [0.25, 0.3) is 5.56 Å². The lowest BCUT2D eigenvalue weighted by molar-refractivity contribution is -0.143. The summed E-state index contributed by atoms with van der Waals surface area (Å²) in [5.41, 5.74) is 1.95. The Hall–Kier alpha value is -1.80. The number of nitrogens with zero attached hydrogens (tertiary/aromatic N) is 4. The maximum absolute atomic E-state index is 11.9. The van der Waals surface area contributed by atoms with Crippen molar-refractivity contribution in [2.75, 3.05) is 6.54 Å². The molecule has 1 saturated heterocycles. The molecule has 1 aliphatic rings. The van der Waals surface area contributed by atoms with Gasteiger partial charge < -0.3 is 5.11 Å². The van der Waals surface area contributed by atoms with E-state index in [-0.39, 0.29) is 5.56 Å². The fourth-order valence-corrected chi connectivity index (χ4v) is 3.37. The highest BCUT2D eigenvalue weighted by molar-refractivity contribution is 7.14. The maximum atomic E-state index is 11.9. The monoisotopic (exact) mass is 308 g/mol. The van der Waals surface area contributed by atoms with E-state index in [0.717, 1.165) is 25.8 Å². The number of likely N-dealkylation sites (tertiary alicyclic amines) is 1. The van der Waals surface area contributed by atoms with Crippen LogP contribution in [0.2, 0.25) is 0 Å². The molecular formula is C13H16N4O3S. The van der Waals surface area contributed by atoms with E-state index in [2.05, 4.69) is 10.1 Å². The summed E-state index contributed by atoms with van der Waals surface area (Å²) in [6.07, 6.45) is 3.60. The number of aliphatic carboxylic acids is 1. The van der Waals surface area contributed by atoms with Gasteiger partial charge in [-0.2, -0.15) is 9.61 Å². The van der Waals surface area contributed by atoms with Crippen LogP contribution >= 0.6 is 11.3 Å². The zero-order chi connectivity index (χ0) is 14.8. The van der Waals surface area contributed by atoms with Gasteiger partial charge in [-0.1, -0.05) is 24.2 Å². The van der Waals surface area contributed by atoms with E-state index < -0.39 is 12.0 Å². The fourth-order valence-electron chi connectivity index (χ4n) is 2.73. The summed E-state index contributed by atoms with van der Waals surface area (Å²) in [7, 11) is 0. The Kier molecular flexibility index (Phi) is 3.98. The van der Waals surface area contributed by atoms with Crippen LogP contribution in [0.15, 0.2) is 16.4 Å². The summed E-state index contributed by atoms with van der Waals surface area (Å²) in [5.74, 6) is -0.799. The third-order valence-electron chi connectivity index (χ3n) is 3.75. The lowest BCUT2D eigenvalue weighted by Crippen LogP contribution is -2.40. The van der Waals surface area contributed by atoms with Crippen molar-refractivity contribution >= 4 is 22.3 Å². The summed E-state index contributed by atoms with van der Waals surface area (Å²) in [6, 6.07) is 0.950. The van der Waals surface area contributed by atoms with Crippen molar-refractivity contribution in [3.8, 4) is 0 Å². The molecule has 0 radical (unpaired) electrons. The maximum Gasteiger partial charge on any atom is 0.320 e. The minimum absolute atomic E-state index is 0.224. The Morgan fingerprint density at radius 2 is 2.29 bits per heavy atom. The summed E-state index contributed by atoms with van der Waals surface area (Å²) < 4.78 is 1.26. The van der Waals surface area contributed by atoms with Crippen molar-refractivity contribution in [2.45, 2.75) is 38.3 Å². The van der Waals surface area contributed by atoms with Gasteiger partial charge in [-0.25, -0.2) is 4.98 Å². The lowest BCUT2D eigenvalue weighted by atomic mass is 10.1. The predicted octanol–water partition coefficient (Wildman–Crippen LogP) is 0.980. The normalized spacial score (nSPS) is 20.5. The van der Waals surface area contributed by atoms with Crippen molar-refractivity contribution < 1.29 is 9.90 Å². The predicted molar refractivity (Wildman–Crippen MR) is 77.4 cm³/mol. The molecule has 2 aromatic heterocycles. The summed E-state index contributed by atoms with van der Waals surface area (Å²) in [4.78, 5) is 30.2. The van der Waals surface area contributed by atoms with Gasteiger partial charge in [-0.3, -0.25) is 14.5 Å². The molecule has 1 N–H and O–H groups in total. The molecule has 3 rings (SSSR count). The quantitative estimate of drug-likeness (QED) is 0.909. The number of hydrogen-bond acceptors (Lipinski definition) is 6. The smallest absolute Gasteiger partial charge is 0.320 e. The number of carboxylic acids is 1. The van der Waals surface area contributed by atoms with Crippen molar-refractivity contribution in [1.29, 1.82) is 0 Å². The Balaban J connectivity index is 1.88. The Morgan fingerprint density at radius 1 is 1.43 bits per heavy atom. The van der Waals surface area contributed by atoms with E-state index >= 15 is 0 Å². The van der Waals surface area contributed by atoms with Gasteiger partial charge in [0.2, 0.25) is 4.96 Å². The number of fused-ring (bicyclic) bond motifs is 1. The van der Waals surface area contributed by atoms with Gasteiger partial charge in [0.15, 0.2) is 0 Å². The molecule has 3 heterocycles. The van der Waals surface area contributed by atoms with Gasteiger partial charge in [0, 0.05) is 12.6 Å². The van der Waals surface area contributed by atoms with Crippen LogP contribution in [-0.4, -0.2) is 43.2 Å². The molecule has 8 heteroatoms. The van der Waals surface area contributed by atoms with Crippen molar-refractivity contribution in [3.63, 3.8) is 0 Å². The first-order valence-corrected chi connectivity index (χ1v) is 7.82. The van der Waals surface area contributed by atoms with E-state index in [9.17, 15) is 14.7 Å². The van der Waals surface area contributed by atoms with Gasteiger partial charge in [0.1, 0.15) is 11.6 Å². The van der Waals surface area contributed by atoms with Crippen LogP contribution in [0.25, 0.3) is 4.96 Å². The van der Waals surface area contributed by atoms with Crippen LogP contribution in [0.1, 0.15) is 31.4 Å². The number of aromatic nitrogens is 3. The standard InChI is InChI=1S/C13H16N4O3S/c18-11-6-9(15-13-17(11)14-8-21-13)7-16-5-3-1-2-4-10(16)12(19)20/h6,8,10H,1-5,7H2,(H,19,20). The second-order valence-corrected chi connectivity index (χ2v) is 6.00. The molecule has 2 aromatic rings. The van der Waals surface area contributed by atoms with Crippen LogP contribution < -0.4 is 5.56 Å². The van der Waals surface area contributed by atoms with Gasteiger partial charge in [-0.15, -0.1) is 0 Å². The second kappa shape index (κ2) is 5.90. The van der Waals surface area contributed by atoms with Gasteiger partial charge >= 0.3 is 5.97 Å². The third kappa shape index (κ3) is 2.96. The molecular weight excluding hydrogens is 292 g/mol. The molecule has 112 valence electrons. The minimum atomic E-state index is -0.799. The molecule has 7 nitrogen and oxygen atoms in total. The minimum Gasteiger partial charge on any atom is -0.480 e. The molecule has 0 aliphatic carbocycles. The third-order valence-corrected chi connectivity index (χ3v) is 4.43. The highest BCUT2D eigenvalue weighted by Crippen LogP contribution is 2.19. The highest BCUT2D eigenvalue weighted by atomic mass is 32.1. The number of carboxylic acid groups (broad SMARTS) is 1. The van der Waals surface area contributed by atoms with Crippen LogP contribution in [0.4, 0.5) is 0 Å². The molecule has 0 amide bonds. The largest absolute Gasteiger partial charge is 0.480 e. The SMILES string of the molecule is O=C(O)C1CCCCCN1Cc1cc(=O)n2ncsc2n1. The molecule has 21 heavy (non-hydrogen) atoms. The molecule has 0 saturated carbocycles. The molecule has 0 spiro atoms. The Morgan fingerprint density at radius 3 is 3.10 bits per heavy atom. The summed E-state index contributed by atoms with van der Waals surface area (Å²) >= 11 is 1.29. The van der Waals surface area contributed by atoms with Gasteiger partial charge in [-0.05, 0) is 19.4 Å². The van der Waals surface area contributed by atoms with Crippen LogP contribution in [0.5, 0.6) is 0 Å². The molecule has 1 aliphatic heterocycles. The second-order valence-electron chi connectivity index (χ2n) is 5.19. The van der Waals surface area contributed by atoms with Crippen LogP contribution in [-0.2, 0) is 11.3 Å². The molecule has 0 aromatic carbocycles. The van der Waals surface area contributed by atoms with Crippen molar-refractivity contribution in [1.82, 2.24) is 19.5 Å². The fraction of sp³-hybridized carbons (Fsp3) is 0.538. The zero-order valence-electron chi connectivity index (χ0n) is 11.4. The average Bonchev–Trinajstić information content (AvgIpc) is 2.78. The van der Waals surface area contributed by atoms with E-state index in [1.807, 2.05) is 4.90 Å². The zero-order valence-corrected chi connectivity index (χ0v) is 12.3. The number of carbonyl (C=O) groups is 1. The van der Waals surface area contributed by atoms with Crippen LogP contribution in [0.3, 0.4) is 0 Å². The highest BCUT2D eigenvalue weighted by Gasteiger charge is 2.27. The molecule has 0 bridgehead atoms. The van der Waals surface area contributed by atoms with Gasteiger partial charge in [0.05, 0.1) is 5.69 Å². The first kappa shape index (κ1) is 14.2. The first-order chi connectivity index (χ1) is 10.1. The van der Waals surface area contributed by atoms with Crippen molar-refractivity contribution in [2.24, 2.45) is 0 Å². The molecule has 1 fully saturated rings. The van der Waals surface area contributed by atoms with Crippen LogP contribution in [0, 0.1) is 0 Å². The lowest BCUT2D eigenvalue weighted by Gasteiger charge is -2.26. The average molecular weight is 308 g/mol. The Labute approximate surface area is 124 Å². The van der Waals surface area contributed by atoms with E-state index in [1.54, 1.807) is 5.51 Å². The number of rotatable bonds is 3. The van der Waals surface area contributed by atoms with Crippen molar-refractivity contribution in [3.05, 3.63) is 27.6 Å². The molecule has 1 atom stereocenters. The summed E-state index contributed by atoms with van der Waals surface area (Å²) in [6.45, 7) is 1.11. The van der Waals surface area contributed by atoms with E-state index in [0.29, 0.717) is 23.6 Å². The summed E-state index contributed by atoms with van der Waals surface area (Å²) in [5, 5.41) is 13.3. The topological polar surface area (TPSA) is 87.8 Å². The number of hydrogen-bond donors (Lipinski definition) is 1. The molecule has 1 unspecified atom stereocenters. The van der Waals surface area contributed by atoms with E-state index in [4.69, 9.17) is 0 Å². The van der Waals surface area contributed by atoms with E-state index in [1.165, 1.54) is 21.9 Å². The Bertz CT molecular complexity index is 711.